The first-order valence-electron chi connectivity index (χ1n) is 12.2. The number of rotatable bonds is 8. The van der Waals surface area contributed by atoms with Gasteiger partial charge in [0.2, 0.25) is 10.0 Å². The summed E-state index contributed by atoms with van der Waals surface area (Å²) in [5.41, 5.74) is 0.608. The van der Waals surface area contributed by atoms with Crippen molar-refractivity contribution >= 4 is 33.1 Å². The molecule has 0 saturated heterocycles. The van der Waals surface area contributed by atoms with E-state index in [1.807, 2.05) is 0 Å². The minimum atomic E-state index is -4.03. The number of carbonyl (C=O) groups excluding carboxylic acids is 2. The van der Waals surface area contributed by atoms with Crippen LogP contribution in [-0.2, 0) is 26.1 Å². The highest BCUT2D eigenvalue weighted by Crippen LogP contribution is 2.26. The van der Waals surface area contributed by atoms with E-state index in [9.17, 15) is 22.8 Å². The molecule has 0 saturated carbocycles. The number of carbonyl (C=O) groups is 2. The number of para-hydroxylation sites is 2. The molecule has 0 spiro atoms. The molecule has 11 nitrogen and oxygen atoms in total. The average molecular weight is 566 g/mol. The largest absolute Gasteiger partial charge is 0.514 e. The second-order valence-electron chi connectivity index (χ2n) is 8.61. The Kier molecular flexibility index (Phi) is 8.31. The van der Waals surface area contributed by atoms with Crippen molar-refractivity contribution in [2.75, 3.05) is 13.7 Å². The summed E-state index contributed by atoms with van der Waals surface area (Å²) in [6.45, 7) is 4.57. The molecule has 40 heavy (non-hydrogen) atoms. The molecule has 0 aliphatic rings. The number of hydrogen-bond donors (Lipinski definition) is 1. The van der Waals surface area contributed by atoms with Crippen LogP contribution in [0.5, 0.6) is 5.75 Å². The fourth-order valence-electron chi connectivity index (χ4n) is 4.32. The Morgan fingerprint density at radius 2 is 1.68 bits per heavy atom. The van der Waals surface area contributed by atoms with E-state index >= 15 is 0 Å². The van der Waals surface area contributed by atoms with Crippen molar-refractivity contribution < 1.29 is 32.2 Å². The zero-order valence-corrected chi connectivity index (χ0v) is 23.1. The lowest BCUT2D eigenvalue weighted by Gasteiger charge is -2.18. The highest BCUT2D eigenvalue weighted by molar-refractivity contribution is 7.89. The molecule has 1 N–H and O–H groups in total. The lowest BCUT2D eigenvalue weighted by molar-refractivity contribution is 0.0524. The molecule has 1 heterocycles. The molecule has 0 atom stereocenters. The molecule has 208 valence electrons. The molecule has 1 aromatic heterocycles. The Hall–Kier alpha value is -4.55. The summed E-state index contributed by atoms with van der Waals surface area (Å²) in [6, 6.07) is 15.6. The first-order chi connectivity index (χ1) is 19.1. The van der Waals surface area contributed by atoms with Gasteiger partial charge in [0.15, 0.2) is 12.4 Å². The fraction of sp³-hybridized carbons (Fsp3) is 0.214. The van der Waals surface area contributed by atoms with Gasteiger partial charge in [-0.25, -0.2) is 27.7 Å². The van der Waals surface area contributed by atoms with E-state index in [4.69, 9.17) is 14.2 Å². The minimum absolute atomic E-state index is 0.0241. The summed E-state index contributed by atoms with van der Waals surface area (Å²) in [4.78, 5) is 43.6. The molecule has 4 rings (SSSR count). The molecular weight excluding hydrogens is 538 g/mol. The zero-order chi connectivity index (χ0) is 29.0. The monoisotopic (exact) mass is 565 g/mol. The summed E-state index contributed by atoms with van der Waals surface area (Å²) in [7, 11) is -2.78. The number of nitrogens with zero attached hydrogens (tertiary/aromatic N) is 2. The molecule has 3 aromatic carbocycles. The number of benzene rings is 3. The summed E-state index contributed by atoms with van der Waals surface area (Å²) < 4.78 is 44.7. The molecule has 12 heteroatoms. The predicted molar refractivity (Wildman–Crippen MR) is 146 cm³/mol. The summed E-state index contributed by atoms with van der Waals surface area (Å²) in [5.74, 6) is -0.414. The van der Waals surface area contributed by atoms with Crippen LogP contribution in [0.25, 0.3) is 16.6 Å². The molecule has 0 radical (unpaired) electrons. The number of hydrogen-bond acceptors (Lipinski definition) is 9. The number of esters is 1. The number of aryl methyl sites for hydroxylation is 2. The topological polar surface area (TPSA) is 143 Å². The molecular formula is C28H27N3O8S. The van der Waals surface area contributed by atoms with Crippen molar-refractivity contribution in [3.8, 4) is 11.4 Å². The third kappa shape index (κ3) is 5.58. The SMILES string of the molecule is CCOC(=O)c1c(C)cc2nc(COC(=O)Oc3ccccc3)n(-c3ccccc3S(=O)(=O)NC)c(=O)c2c1C. The van der Waals surface area contributed by atoms with Crippen LogP contribution < -0.4 is 15.0 Å². The Morgan fingerprint density at radius 3 is 2.35 bits per heavy atom. The van der Waals surface area contributed by atoms with Crippen LogP contribution in [-0.4, -0.2) is 43.7 Å². The lowest BCUT2D eigenvalue weighted by Crippen LogP contribution is -2.29. The lowest BCUT2D eigenvalue weighted by atomic mass is 9.98. The average Bonchev–Trinajstić information content (AvgIpc) is 2.92. The smallest absolute Gasteiger partial charge is 0.462 e. The van der Waals surface area contributed by atoms with E-state index in [0.717, 1.165) is 4.57 Å². The van der Waals surface area contributed by atoms with Gasteiger partial charge in [-0.3, -0.25) is 9.36 Å². The van der Waals surface area contributed by atoms with Gasteiger partial charge in [0.25, 0.3) is 5.56 Å². The van der Waals surface area contributed by atoms with Crippen molar-refractivity contribution in [3.63, 3.8) is 0 Å². The van der Waals surface area contributed by atoms with Gasteiger partial charge < -0.3 is 14.2 Å². The maximum Gasteiger partial charge on any atom is 0.514 e. The zero-order valence-electron chi connectivity index (χ0n) is 22.3. The first-order valence-corrected chi connectivity index (χ1v) is 13.7. The van der Waals surface area contributed by atoms with E-state index in [-0.39, 0.29) is 45.2 Å². The van der Waals surface area contributed by atoms with Gasteiger partial charge in [0.05, 0.1) is 28.8 Å². The van der Waals surface area contributed by atoms with Crippen molar-refractivity contribution in [1.29, 1.82) is 0 Å². The fourth-order valence-corrected chi connectivity index (χ4v) is 5.23. The van der Waals surface area contributed by atoms with Crippen LogP contribution in [0.2, 0.25) is 0 Å². The number of sulfonamides is 1. The van der Waals surface area contributed by atoms with Gasteiger partial charge in [0, 0.05) is 0 Å². The van der Waals surface area contributed by atoms with Crippen LogP contribution in [0, 0.1) is 13.8 Å². The Bertz CT molecular complexity index is 1770. The molecule has 0 amide bonds. The van der Waals surface area contributed by atoms with E-state index in [1.54, 1.807) is 63.2 Å². The molecule has 0 unspecified atom stereocenters. The second-order valence-corrected chi connectivity index (χ2v) is 10.5. The van der Waals surface area contributed by atoms with Gasteiger partial charge in [-0.15, -0.1) is 0 Å². The maximum atomic E-state index is 14.1. The Morgan fingerprint density at radius 1 is 1.00 bits per heavy atom. The molecule has 0 aliphatic carbocycles. The van der Waals surface area contributed by atoms with E-state index in [1.165, 1.54) is 25.2 Å². The van der Waals surface area contributed by atoms with Crippen LogP contribution in [0.15, 0.2) is 70.4 Å². The summed E-state index contributed by atoms with van der Waals surface area (Å²) >= 11 is 0. The van der Waals surface area contributed by atoms with Gasteiger partial charge in [-0.05, 0) is 69.3 Å². The third-order valence-electron chi connectivity index (χ3n) is 6.09. The number of fused-ring (bicyclic) bond motifs is 1. The Balaban J connectivity index is 1.94. The van der Waals surface area contributed by atoms with Crippen molar-refractivity contribution in [2.45, 2.75) is 32.3 Å². The van der Waals surface area contributed by atoms with Crippen LogP contribution >= 0.6 is 0 Å². The van der Waals surface area contributed by atoms with Gasteiger partial charge >= 0.3 is 12.1 Å². The summed E-state index contributed by atoms with van der Waals surface area (Å²) in [6.07, 6.45) is -1.05. The normalized spacial score (nSPS) is 11.3. The molecule has 0 aliphatic heterocycles. The van der Waals surface area contributed by atoms with E-state index in [2.05, 4.69) is 9.71 Å². The van der Waals surface area contributed by atoms with Crippen molar-refractivity contribution in [2.24, 2.45) is 0 Å². The van der Waals surface area contributed by atoms with Crippen molar-refractivity contribution in [1.82, 2.24) is 14.3 Å². The second kappa shape index (κ2) is 11.7. The Labute approximate surface area is 230 Å². The van der Waals surface area contributed by atoms with E-state index < -0.39 is 34.3 Å². The molecule has 0 fully saturated rings. The highest BCUT2D eigenvalue weighted by Gasteiger charge is 2.25. The standard InChI is InChI=1S/C28H27N3O8S/c1-5-37-27(33)24-17(2)15-20-25(18(24)3)26(32)31(21-13-9-10-14-22(21)40(35,36)29-4)23(30-20)16-38-28(34)39-19-11-7-6-8-12-19/h6-15,29H,5,16H2,1-4H3. The van der Waals surface area contributed by atoms with Crippen LogP contribution in [0.4, 0.5) is 4.79 Å². The predicted octanol–water partition coefficient (Wildman–Crippen LogP) is 3.80. The third-order valence-corrected chi connectivity index (χ3v) is 7.55. The van der Waals surface area contributed by atoms with Crippen molar-refractivity contribution in [3.05, 3.63) is 93.5 Å². The van der Waals surface area contributed by atoms with Crippen LogP contribution in [0.3, 0.4) is 0 Å². The van der Waals surface area contributed by atoms with Gasteiger partial charge in [-0.2, -0.15) is 0 Å². The summed E-state index contributed by atoms with van der Waals surface area (Å²) in [5, 5.41) is 0.0842. The quantitative estimate of drug-likeness (QED) is 0.249. The minimum Gasteiger partial charge on any atom is -0.462 e. The maximum absolute atomic E-state index is 14.1. The highest BCUT2D eigenvalue weighted by atomic mass is 32.2. The number of nitrogens with one attached hydrogen (secondary N) is 1. The number of aromatic nitrogens is 2. The van der Waals surface area contributed by atoms with Crippen LogP contribution in [0.1, 0.15) is 34.2 Å². The van der Waals surface area contributed by atoms with Gasteiger partial charge in [0.1, 0.15) is 10.6 Å². The molecule has 4 aromatic rings. The van der Waals surface area contributed by atoms with E-state index in [0.29, 0.717) is 11.1 Å². The van der Waals surface area contributed by atoms with Gasteiger partial charge in [-0.1, -0.05) is 30.3 Å². The molecule has 0 bridgehead atoms. The first kappa shape index (κ1) is 28.5. The number of ether oxygens (including phenoxy) is 3.